The average Bonchev–Trinajstić information content (AvgIpc) is 2.59. The summed E-state index contributed by atoms with van der Waals surface area (Å²) >= 11 is 0. The minimum absolute atomic E-state index is 0.0433. The number of anilines is 1. The summed E-state index contributed by atoms with van der Waals surface area (Å²) in [7, 11) is 0. The Balaban J connectivity index is 1.57. The highest BCUT2D eigenvalue weighted by atomic mass is 16.4. The molecule has 0 bridgehead atoms. The molecule has 5 nitrogen and oxygen atoms in total. The van der Waals surface area contributed by atoms with E-state index in [-0.39, 0.29) is 18.0 Å². The van der Waals surface area contributed by atoms with Gasteiger partial charge in [0.1, 0.15) is 0 Å². The highest BCUT2D eigenvalue weighted by Gasteiger charge is 2.19. The number of carbonyl (C=O) groups excluding carboxylic acids is 1. The van der Waals surface area contributed by atoms with Gasteiger partial charge in [0.2, 0.25) is 5.91 Å². The highest BCUT2D eigenvalue weighted by Crippen LogP contribution is 2.18. The summed E-state index contributed by atoms with van der Waals surface area (Å²) in [6.45, 7) is 1.58. The van der Waals surface area contributed by atoms with Gasteiger partial charge in [-0.25, -0.2) is 4.79 Å². The van der Waals surface area contributed by atoms with E-state index in [0.29, 0.717) is 6.54 Å². The molecular weight excluding hydrogens is 292 g/mol. The zero-order valence-electron chi connectivity index (χ0n) is 12.7. The van der Waals surface area contributed by atoms with Gasteiger partial charge in [-0.3, -0.25) is 4.79 Å². The molecule has 1 amide bonds. The fourth-order valence-corrected chi connectivity index (χ4v) is 2.73. The second kappa shape index (κ2) is 6.52. The van der Waals surface area contributed by atoms with Crippen molar-refractivity contribution in [3.05, 3.63) is 65.2 Å². The molecule has 5 heteroatoms. The van der Waals surface area contributed by atoms with E-state index in [0.717, 1.165) is 18.7 Å². The number of hydrogen-bond acceptors (Lipinski definition) is 3. The van der Waals surface area contributed by atoms with Crippen molar-refractivity contribution in [3.8, 4) is 0 Å². The van der Waals surface area contributed by atoms with Crippen LogP contribution in [0.2, 0.25) is 0 Å². The van der Waals surface area contributed by atoms with E-state index in [1.807, 2.05) is 17.0 Å². The second-order valence-corrected chi connectivity index (χ2v) is 5.57. The molecule has 1 heterocycles. The Kier molecular flexibility index (Phi) is 4.28. The SMILES string of the molecule is O=C(O)c1ccc(NCC(=O)N2CCc3ccccc3C2)cc1. The molecule has 0 atom stereocenters. The number of carboxylic acid groups (broad SMARTS) is 1. The van der Waals surface area contributed by atoms with Gasteiger partial charge >= 0.3 is 5.97 Å². The van der Waals surface area contributed by atoms with Crippen molar-refractivity contribution in [3.63, 3.8) is 0 Å². The van der Waals surface area contributed by atoms with Crippen molar-refractivity contribution in [2.45, 2.75) is 13.0 Å². The minimum Gasteiger partial charge on any atom is -0.478 e. The zero-order valence-corrected chi connectivity index (χ0v) is 12.7. The van der Waals surface area contributed by atoms with Crippen LogP contribution in [-0.2, 0) is 17.8 Å². The minimum atomic E-state index is -0.959. The van der Waals surface area contributed by atoms with E-state index in [9.17, 15) is 9.59 Å². The number of fused-ring (bicyclic) bond motifs is 1. The Hall–Kier alpha value is -2.82. The Labute approximate surface area is 134 Å². The molecule has 0 saturated carbocycles. The molecule has 2 aromatic carbocycles. The van der Waals surface area contributed by atoms with E-state index < -0.39 is 5.97 Å². The Bertz CT molecular complexity index is 725. The van der Waals surface area contributed by atoms with Crippen LogP contribution in [0.1, 0.15) is 21.5 Å². The van der Waals surface area contributed by atoms with Crippen LogP contribution in [0.5, 0.6) is 0 Å². The normalized spacial score (nSPS) is 13.3. The van der Waals surface area contributed by atoms with Crippen LogP contribution in [0.25, 0.3) is 0 Å². The maximum Gasteiger partial charge on any atom is 0.335 e. The molecule has 118 valence electrons. The van der Waals surface area contributed by atoms with Gasteiger partial charge in [-0.05, 0) is 41.8 Å². The van der Waals surface area contributed by atoms with Crippen LogP contribution < -0.4 is 5.32 Å². The predicted octanol–water partition coefficient (Wildman–Crippen LogP) is 2.38. The third-order valence-corrected chi connectivity index (χ3v) is 4.06. The predicted molar refractivity (Wildman–Crippen MR) is 87.5 cm³/mol. The fraction of sp³-hybridized carbons (Fsp3) is 0.222. The number of aromatic carboxylic acids is 1. The smallest absolute Gasteiger partial charge is 0.335 e. The van der Waals surface area contributed by atoms with Gasteiger partial charge in [0, 0.05) is 18.8 Å². The lowest BCUT2D eigenvalue weighted by Crippen LogP contribution is -2.39. The molecule has 1 aliphatic heterocycles. The van der Waals surface area contributed by atoms with Crippen LogP contribution >= 0.6 is 0 Å². The van der Waals surface area contributed by atoms with Gasteiger partial charge in [-0.1, -0.05) is 24.3 Å². The molecule has 0 unspecified atom stereocenters. The largest absolute Gasteiger partial charge is 0.478 e. The Morgan fingerprint density at radius 3 is 2.43 bits per heavy atom. The summed E-state index contributed by atoms with van der Waals surface area (Å²) in [6, 6.07) is 14.6. The Morgan fingerprint density at radius 2 is 1.74 bits per heavy atom. The number of carbonyl (C=O) groups is 2. The maximum atomic E-state index is 12.3. The van der Waals surface area contributed by atoms with Crippen molar-refractivity contribution in [2.75, 3.05) is 18.4 Å². The summed E-state index contributed by atoms with van der Waals surface area (Å²) < 4.78 is 0. The molecular formula is C18H18N2O3. The highest BCUT2D eigenvalue weighted by molar-refractivity contribution is 5.88. The van der Waals surface area contributed by atoms with Crippen molar-refractivity contribution in [1.82, 2.24) is 4.90 Å². The van der Waals surface area contributed by atoms with Gasteiger partial charge in [0.25, 0.3) is 0 Å². The summed E-state index contributed by atoms with van der Waals surface area (Å²) in [5.74, 6) is -0.915. The van der Waals surface area contributed by atoms with Gasteiger partial charge in [-0.2, -0.15) is 0 Å². The molecule has 0 aromatic heterocycles. The molecule has 0 saturated heterocycles. The van der Waals surface area contributed by atoms with E-state index >= 15 is 0 Å². The van der Waals surface area contributed by atoms with E-state index in [4.69, 9.17) is 5.11 Å². The first kappa shape index (κ1) is 15.1. The van der Waals surface area contributed by atoms with Crippen molar-refractivity contribution in [1.29, 1.82) is 0 Å². The number of rotatable bonds is 4. The van der Waals surface area contributed by atoms with Crippen molar-refractivity contribution < 1.29 is 14.7 Å². The van der Waals surface area contributed by atoms with Crippen LogP contribution in [-0.4, -0.2) is 35.0 Å². The monoisotopic (exact) mass is 310 g/mol. The van der Waals surface area contributed by atoms with Gasteiger partial charge < -0.3 is 15.3 Å². The second-order valence-electron chi connectivity index (χ2n) is 5.57. The first-order valence-electron chi connectivity index (χ1n) is 7.55. The number of amides is 1. The van der Waals surface area contributed by atoms with Crippen LogP contribution in [0.4, 0.5) is 5.69 Å². The quantitative estimate of drug-likeness (QED) is 0.909. The number of benzene rings is 2. The number of nitrogens with one attached hydrogen (secondary N) is 1. The average molecular weight is 310 g/mol. The summed E-state index contributed by atoms with van der Waals surface area (Å²) in [5.41, 5.74) is 3.49. The summed E-state index contributed by atoms with van der Waals surface area (Å²) in [6.07, 6.45) is 0.884. The molecule has 23 heavy (non-hydrogen) atoms. The topological polar surface area (TPSA) is 69.6 Å². The number of nitrogens with zero attached hydrogens (tertiary/aromatic N) is 1. The lowest BCUT2D eigenvalue weighted by molar-refractivity contribution is -0.130. The lowest BCUT2D eigenvalue weighted by atomic mass is 10.00. The molecule has 0 radical (unpaired) electrons. The fourth-order valence-electron chi connectivity index (χ4n) is 2.73. The van der Waals surface area contributed by atoms with E-state index in [1.54, 1.807) is 12.1 Å². The standard InChI is InChI=1S/C18H18N2O3/c21-17(11-19-16-7-5-14(6-8-16)18(22)23)20-10-9-13-3-1-2-4-15(13)12-20/h1-8,19H,9-12H2,(H,22,23). The van der Waals surface area contributed by atoms with Crippen LogP contribution in [0.15, 0.2) is 48.5 Å². The third kappa shape index (κ3) is 3.51. The van der Waals surface area contributed by atoms with E-state index in [2.05, 4.69) is 17.4 Å². The third-order valence-electron chi connectivity index (χ3n) is 4.06. The summed E-state index contributed by atoms with van der Waals surface area (Å²) in [4.78, 5) is 25.0. The number of hydrogen-bond donors (Lipinski definition) is 2. The van der Waals surface area contributed by atoms with Crippen LogP contribution in [0, 0.1) is 0 Å². The van der Waals surface area contributed by atoms with Gasteiger partial charge in [-0.15, -0.1) is 0 Å². The lowest BCUT2D eigenvalue weighted by Gasteiger charge is -2.29. The molecule has 0 spiro atoms. The molecule has 2 N–H and O–H groups in total. The molecule has 0 aliphatic carbocycles. The van der Waals surface area contributed by atoms with Crippen molar-refractivity contribution in [2.24, 2.45) is 0 Å². The number of carboxylic acids is 1. The molecule has 1 aliphatic rings. The summed E-state index contributed by atoms with van der Waals surface area (Å²) in [5, 5.41) is 11.9. The first-order chi connectivity index (χ1) is 11.1. The first-order valence-corrected chi connectivity index (χ1v) is 7.55. The molecule has 2 aromatic rings. The van der Waals surface area contributed by atoms with E-state index in [1.165, 1.54) is 23.3 Å². The zero-order chi connectivity index (χ0) is 16.2. The Morgan fingerprint density at radius 1 is 1.04 bits per heavy atom. The maximum absolute atomic E-state index is 12.3. The van der Waals surface area contributed by atoms with Crippen LogP contribution in [0.3, 0.4) is 0 Å². The van der Waals surface area contributed by atoms with Gasteiger partial charge in [0.05, 0.1) is 12.1 Å². The van der Waals surface area contributed by atoms with Crippen molar-refractivity contribution >= 4 is 17.6 Å². The molecule has 3 rings (SSSR count). The van der Waals surface area contributed by atoms with Gasteiger partial charge in [0.15, 0.2) is 0 Å². The molecule has 0 fully saturated rings.